The molecular weight excluding hydrogens is 262 g/mol. The number of nitrogens with zero attached hydrogens (tertiary/aromatic N) is 3. The zero-order valence-corrected chi connectivity index (χ0v) is 11.9. The van der Waals surface area contributed by atoms with E-state index in [4.69, 9.17) is 17.3 Å². The fourth-order valence-electron chi connectivity index (χ4n) is 1.81. The minimum Gasteiger partial charge on any atom is -0.376 e. The second-order valence-corrected chi connectivity index (χ2v) is 4.82. The smallest absolute Gasteiger partial charge is 0.163 e. The maximum absolute atomic E-state index is 6.19. The lowest BCUT2D eigenvalue weighted by Crippen LogP contribution is -2.17. The van der Waals surface area contributed by atoms with Gasteiger partial charge in [-0.05, 0) is 6.92 Å². The summed E-state index contributed by atoms with van der Waals surface area (Å²) >= 11 is 6.19. The Morgan fingerprint density at radius 1 is 1.47 bits per heavy atom. The molecule has 0 spiro atoms. The highest BCUT2D eigenvalue weighted by Gasteiger charge is 2.13. The van der Waals surface area contributed by atoms with Crippen molar-refractivity contribution in [1.82, 2.24) is 14.9 Å². The molecule has 2 rings (SSSR count). The van der Waals surface area contributed by atoms with Gasteiger partial charge in [-0.1, -0.05) is 23.8 Å². The number of likely N-dealkylation sites (N-methyl/N-ethyl adjacent to an activating group) is 1. The van der Waals surface area contributed by atoms with Crippen LogP contribution in [-0.2, 0) is 0 Å². The Morgan fingerprint density at radius 3 is 2.95 bits per heavy atom. The summed E-state index contributed by atoms with van der Waals surface area (Å²) in [5.41, 5.74) is 7.22. The fraction of sp³-hybridized carbons (Fsp3) is 0.385. The van der Waals surface area contributed by atoms with Crippen molar-refractivity contribution in [2.75, 3.05) is 32.0 Å². The van der Waals surface area contributed by atoms with E-state index in [0.717, 1.165) is 17.8 Å². The van der Waals surface area contributed by atoms with E-state index in [1.54, 1.807) is 0 Å². The van der Waals surface area contributed by atoms with Crippen molar-refractivity contribution in [3.63, 3.8) is 0 Å². The van der Waals surface area contributed by atoms with Crippen LogP contribution in [0.2, 0.25) is 5.02 Å². The number of nitrogens with one attached hydrogen (secondary N) is 1. The number of halogens is 1. The molecule has 0 aliphatic carbocycles. The summed E-state index contributed by atoms with van der Waals surface area (Å²) in [5, 5.41) is 3.67. The Balaban J connectivity index is 2.36. The molecule has 0 unspecified atom stereocenters. The molecule has 3 N–H and O–H groups in total. The van der Waals surface area contributed by atoms with Crippen molar-refractivity contribution in [3.8, 4) is 0 Å². The van der Waals surface area contributed by atoms with E-state index in [1.807, 2.05) is 26.2 Å². The average Bonchev–Trinajstić information content (AvgIpc) is 2.40. The first-order chi connectivity index (χ1) is 9.11. The maximum Gasteiger partial charge on any atom is 0.163 e. The van der Waals surface area contributed by atoms with Gasteiger partial charge in [-0.2, -0.15) is 0 Å². The summed E-state index contributed by atoms with van der Waals surface area (Å²) in [6.45, 7) is 3.93. The highest BCUT2D eigenvalue weighted by Crippen LogP contribution is 2.25. The lowest BCUT2D eigenvalue weighted by atomic mass is 10.2. The standard InChI is InChI=1S/C13H18ClN5/c1-9-11(14)13(16-6-5-15)18-12(17-9)10-4-3-7-19(2)8-10/h3-4,8H,5-7,15H2,1-2H3,(H,16,17,18). The number of rotatable bonds is 4. The molecule has 1 aliphatic rings. The molecule has 102 valence electrons. The summed E-state index contributed by atoms with van der Waals surface area (Å²) in [6.07, 6.45) is 6.13. The molecule has 19 heavy (non-hydrogen) atoms. The van der Waals surface area contributed by atoms with E-state index in [0.29, 0.717) is 29.8 Å². The Bertz CT molecular complexity index is 524. The third-order valence-corrected chi connectivity index (χ3v) is 3.21. The van der Waals surface area contributed by atoms with Gasteiger partial charge in [0.2, 0.25) is 0 Å². The second kappa shape index (κ2) is 6.04. The Morgan fingerprint density at radius 2 is 2.26 bits per heavy atom. The molecule has 0 saturated heterocycles. The van der Waals surface area contributed by atoms with Crippen LogP contribution in [-0.4, -0.2) is 41.5 Å². The van der Waals surface area contributed by atoms with Crippen molar-refractivity contribution < 1.29 is 0 Å². The molecule has 1 aromatic rings. The third kappa shape index (κ3) is 3.24. The highest BCUT2D eigenvalue weighted by atomic mass is 35.5. The molecule has 0 bridgehead atoms. The minimum atomic E-state index is 0.528. The predicted molar refractivity (Wildman–Crippen MR) is 79.1 cm³/mol. The summed E-state index contributed by atoms with van der Waals surface area (Å²) < 4.78 is 0. The van der Waals surface area contributed by atoms with Gasteiger partial charge in [0.25, 0.3) is 0 Å². The quantitative estimate of drug-likeness (QED) is 0.877. The second-order valence-electron chi connectivity index (χ2n) is 4.44. The van der Waals surface area contributed by atoms with E-state index in [2.05, 4.69) is 26.3 Å². The van der Waals surface area contributed by atoms with Gasteiger partial charge in [0.15, 0.2) is 5.82 Å². The molecule has 0 radical (unpaired) electrons. The predicted octanol–water partition coefficient (Wildman–Crippen LogP) is 1.65. The van der Waals surface area contributed by atoms with Crippen molar-refractivity contribution >= 4 is 23.0 Å². The molecule has 6 heteroatoms. The number of hydrogen-bond donors (Lipinski definition) is 2. The number of allylic oxidation sites excluding steroid dienone is 2. The monoisotopic (exact) mass is 279 g/mol. The minimum absolute atomic E-state index is 0.528. The van der Waals surface area contributed by atoms with E-state index in [1.165, 1.54) is 0 Å². The molecule has 1 aliphatic heterocycles. The molecular formula is C13H18ClN5. The van der Waals surface area contributed by atoms with Crippen LogP contribution in [0, 0.1) is 6.92 Å². The molecule has 0 atom stereocenters. The molecule has 0 aromatic carbocycles. The topological polar surface area (TPSA) is 67.1 Å². The zero-order chi connectivity index (χ0) is 13.8. The fourth-order valence-corrected chi connectivity index (χ4v) is 1.96. The normalized spacial score (nSPS) is 14.5. The van der Waals surface area contributed by atoms with Crippen molar-refractivity contribution in [2.45, 2.75) is 6.92 Å². The summed E-state index contributed by atoms with van der Waals surface area (Å²) in [5.74, 6) is 1.31. The lowest BCUT2D eigenvalue weighted by Gasteiger charge is -2.18. The van der Waals surface area contributed by atoms with Crippen molar-refractivity contribution in [1.29, 1.82) is 0 Å². The van der Waals surface area contributed by atoms with Gasteiger partial charge in [-0.15, -0.1) is 0 Å². The highest BCUT2D eigenvalue weighted by molar-refractivity contribution is 6.33. The van der Waals surface area contributed by atoms with Crippen LogP contribution >= 0.6 is 11.6 Å². The van der Waals surface area contributed by atoms with Gasteiger partial charge in [-0.3, -0.25) is 0 Å². The van der Waals surface area contributed by atoms with E-state index < -0.39 is 0 Å². The van der Waals surface area contributed by atoms with Crippen LogP contribution in [0.5, 0.6) is 0 Å². The number of hydrogen-bond acceptors (Lipinski definition) is 5. The van der Waals surface area contributed by atoms with Gasteiger partial charge in [0.05, 0.1) is 5.69 Å². The summed E-state index contributed by atoms with van der Waals surface area (Å²) in [4.78, 5) is 11.0. The largest absolute Gasteiger partial charge is 0.376 e. The number of anilines is 1. The first-order valence-corrected chi connectivity index (χ1v) is 6.56. The van der Waals surface area contributed by atoms with Crippen LogP contribution < -0.4 is 11.1 Å². The first kappa shape index (κ1) is 13.8. The van der Waals surface area contributed by atoms with Crippen molar-refractivity contribution in [3.05, 3.63) is 34.9 Å². The first-order valence-electron chi connectivity index (χ1n) is 6.19. The average molecular weight is 280 g/mol. The Labute approximate surface area is 118 Å². The van der Waals surface area contributed by atoms with Gasteiger partial charge >= 0.3 is 0 Å². The van der Waals surface area contributed by atoms with Crippen LogP contribution in [0.3, 0.4) is 0 Å². The van der Waals surface area contributed by atoms with Crippen LogP contribution in [0.15, 0.2) is 18.4 Å². The number of nitrogens with two attached hydrogens (primary N) is 1. The third-order valence-electron chi connectivity index (χ3n) is 2.76. The molecule has 0 amide bonds. The maximum atomic E-state index is 6.19. The van der Waals surface area contributed by atoms with Crippen molar-refractivity contribution in [2.24, 2.45) is 5.73 Å². The molecule has 0 fully saturated rings. The van der Waals surface area contributed by atoms with Gasteiger partial charge in [0.1, 0.15) is 10.8 Å². The number of aryl methyl sites for hydroxylation is 1. The molecule has 5 nitrogen and oxygen atoms in total. The lowest BCUT2D eigenvalue weighted by molar-refractivity contribution is 0.507. The zero-order valence-electron chi connectivity index (χ0n) is 11.2. The van der Waals surface area contributed by atoms with Gasteiger partial charge in [-0.25, -0.2) is 9.97 Å². The van der Waals surface area contributed by atoms with E-state index >= 15 is 0 Å². The van der Waals surface area contributed by atoms with Gasteiger partial charge in [0, 0.05) is 38.5 Å². The number of aromatic nitrogens is 2. The molecule has 1 aromatic heterocycles. The molecule has 0 saturated carbocycles. The van der Waals surface area contributed by atoms with Gasteiger partial charge < -0.3 is 16.0 Å². The van der Waals surface area contributed by atoms with Crippen LogP contribution in [0.25, 0.3) is 5.57 Å². The molecule has 2 heterocycles. The summed E-state index contributed by atoms with van der Waals surface area (Å²) in [7, 11) is 2.01. The van der Waals surface area contributed by atoms with Crippen LogP contribution in [0.1, 0.15) is 11.5 Å². The van der Waals surface area contributed by atoms with E-state index in [-0.39, 0.29) is 0 Å². The summed E-state index contributed by atoms with van der Waals surface area (Å²) in [6, 6.07) is 0. The SMILES string of the molecule is Cc1nc(C2=CN(C)CC=C2)nc(NCCN)c1Cl. The Hall–Kier alpha value is -1.59. The van der Waals surface area contributed by atoms with Crippen LogP contribution in [0.4, 0.5) is 5.82 Å². The van der Waals surface area contributed by atoms with E-state index in [9.17, 15) is 0 Å². The Kier molecular flexibility index (Phi) is 4.39.